The second kappa shape index (κ2) is 5.01. The lowest BCUT2D eigenvalue weighted by Gasteiger charge is -2.09. The molecular formula is C13H13NO5. The summed E-state index contributed by atoms with van der Waals surface area (Å²) in [7, 11) is 2.83. The highest BCUT2D eigenvalue weighted by molar-refractivity contribution is 6.15. The number of phenols is 1. The van der Waals surface area contributed by atoms with Crippen LogP contribution in [-0.4, -0.2) is 31.1 Å². The minimum atomic E-state index is -0.406. The predicted octanol–water partition coefficient (Wildman–Crippen LogP) is 0.839. The van der Waals surface area contributed by atoms with Crippen LogP contribution >= 0.6 is 0 Å². The lowest BCUT2D eigenvalue weighted by molar-refractivity contribution is -0.124. The summed E-state index contributed by atoms with van der Waals surface area (Å²) >= 11 is 0. The first-order valence-electron chi connectivity index (χ1n) is 5.55. The van der Waals surface area contributed by atoms with Gasteiger partial charge in [-0.1, -0.05) is 0 Å². The molecule has 6 nitrogen and oxygen atoms in total. The second-order valence-electron chi connectivity index (χ2n) is 4.00. The maximum absolute atomic E-state index is 11.5. The summed E-state index contributed by atoms with van der Waals surface area (Å²) in [5, 5.41) is 12.0. The van der Waals surface area contributed by atoms with Crippen molar-refractivity contribution in [1.29, 1.82) is 0 Å². The number of aromatic hydroxyl groups is 1. The fourth-order valence-electron chi connectivity index (χ4n) is 1.82. The molecule has 0 saturated carbocycles. The molecule has 0 radical (unpaired) electrons. The molecule has 1 heterocycles. The van der Waals surface area contributed by atoms with E-state index < -0.39 is 5.91 Å². The average Bonchev–Trinajstić information content (AvgIpc) is 2.69. The van der Waals surface area contributed by atoms with Crippen LogP contribution in [-0.2, 0) is 9.59 Å². The van der Waals surface area contributed by atoms with Crippen LogP contribution in [0.5, 0.6) is 17.2 Å². The molecule has 0 spiro atoms. The van der Waals surface area contributed by atoms with Crippen LogP contribution in [0, 0.1) is 0 Å². The van der Waals surface area contributed by atoms with Crippen molar-refractivity contribution in [1.82, 2.24) is 5.32 Å². The SMILES string of the molecule is COc1cc(/C=C2\CC(=O)NC2=O)cc(OC)c1O. The molecule has 2 N–H and O–H groups in total. The number of ether oxygens (including phenoxy) is 2. The molecule has 1 saturated heterocycles. The Morgan fingerprint density at radius 1 is 1.21 bits per heavy atom. The molecule has 1 aromatic carbocycles. The Balaban J connectivity index is 2.43. The minimum Gasteiger partial charge on any atom is -0.502 e. The fraction of sp³-hybridized carbons (Fsp3) is 0.231. The minimum absolute atomic E-state index is 0.0460. The zero-order chi connectivity index (χ0) is 14.0. The summed E-state index contributed by atoms with van der Waals surface area (Å²) in [6.45, 7) is 0. The number of rotatable bonds is 3. The van der Waals surface area contributed by atoms with Gasteiger partial charge in [-0.3, -0.25) is 14.9 Å². The van der Waals surface area contributed by atoms with E-state index in [1.807, 2.05) is 0 Å². The maximum Gasteiger partial charge on any atom is 0.254 e. The van der Waals surface area contributed by atoms with Gasteiger partial charge in [-0.25, -0.2) is 0 Å². The standard InChI is InChI=1S/C13H13NO5/c1-18-9-4-7(5-10(19-2)12(9)16)3-8-6-11(15)14-13(8)17/h3-5,16H,6H2,1-2H3,(H,14,15,17)/b8-3+. The average molecular weight is 263 g/mol. The molecule has 0 aliphatic carbocycles. The first kappa shape index (κ1) is 12.9. The molecule has 1 aromatic rings. The number of methoxy groups -OCH3 is 2. The van der Waals surface area contributed by atoms with E-state index in [0.717, 1.165) is 0 Å². The third-order valence-corrected chi connectivity index (χ3v) is 2.74. The summed E-state index contributed by atoms with van der Waals surface area (Å²) in [5.74, 6) is -0.379. The highest BCUT2D eigenvalue weighted by Gasteiger charge is 2.24. The summed E-state index contributed by atoms with van der Waals surface area (Å²) in [4.78, 5) is 22.5. The van der Waals surface area contributed by atoms with Gasteiger partial charge in [-0.05, 0) is 23.8 Å². The Labute approximate surface area is 109 Å². The smallest absolute Gasteiger partial charge is 0.254 e. The van der Waals surface area contributed by atoms with Crippen LogP contribution < -0.4 is 14.8 Å². The summed E-state index contributed by atoms with van der Waals surface area (Å²) in [5.41, 5.74) is 0.964. The first-order valence-corrected chi connectivity index (χ1v) is 5.55. The number of amides is 2. The van der Waals surface area contributed by atoms with Crippen molar-refractivity contribution < 1.29 is 24.2 Å². The van der Waals surface area contributed by atoms with Crippen molar-refractivity contribution in [3.05, 3.63) is 23.3 Å². The van der Waals surface area contributed by atoms with Crippen molar-refractivity contribution in [3.63, 3.8) is 0 Å². The molecule has 2 rings (SSSR count). The maximum atomic E-state index is 11.5. The molecule has 1 aliphatic heterocycles. The molecule has 6 heteroatoms. The molecule has 19 heavy (non-hydrogen) atoms. The third kappa shape index (κ3) is 2.52. The van der Waals surface area contributed by atoms with Crippen LogP contribution in [0.15, 0.2) is 17.7 Å². The Kier molecular flexibility index (Phi) is 3.41. The number of phenolic OH excluding ortho intramolecular Hbond substituents is 1. The van der Waals surface area contributed by atoms with Gasteiger partial charge >= 0.3 is 0 Å². The van der Waals surface area contributed by atoms with Crippen LogP contribution in [0.2, 0.25) is 0 Å². The van der Waals surface area contributed by atoms with Gasteiger partial charge < -0.3 is 14.6 Å². The lowest BCUT2D eigenvalue weighted by atomic mass is 10.1. The highest BCUT2D eigenvalue weighted by Crippen LogP contribution is 2.37. The normalized spacial score (nSPS) is 16.6. The zero-order valence-corrected chi connectivity index (χ0v) is 10.5. The van der Waals surface area contributed by atoms with Gasteiger partial charge in [0.2, 0.25) is 11.7 Å². The third-order valence-electron chi connectivity index (χ3n) is 2.74. The van der Waals surface area contributed by atoms with E-state index in [9.17, 15) is 14.7 Å². The lowest BCUT2D eigenvalue weighted by Crippen LogP contribution is -2.19. The number of nitrogens with one attached hydrogen (secondary N) is 1. The van der Waals surface area contributed by atoms with Gasteiger partial charge in [-0.2, -0.15) is 0 Å². The summed E-state index contributed by atoms with van der Waals surface area (Å²) < 4.78 is 10.0. The number of hydrogen-bond acceptors (Lipinski definition) is 5. The summed E-state index contributed by atoms with van der Waals surface area (Å²) in [6.07, 6.45) is 1.61. The van der Waals surface area contributed by atoms with Crippen molar-refractivity contribution in [2.75, 3.05) is 14.2 Å². The Morgan fingerprint density at radius 2 is 1.79 bits per heavy atom. The molecule has 1 aliphatic rings. The first-order chi connectivity index (χ1) is 9.05. The number of carbonyl (C=O) groups is 2. The second-order valence-corrected chi connectivity index (χ2v) is 4.00. The molecule has 100 valence electrons. The van der Waals surface area contributed by atoms with E-state index in [-0.39, 0.29) is 29.6 Å². The van der Waals surface area contributed by atoms with Gasteiger partial charge in [0.25, 0.3) is 5.91 Å². The molecular weight excluding hydrogens is 250 g/mol. The highest BCUT2D eigenvalue weighted by atomic mass is 16.5. The molecule has 2 amide bonds. The molecule has 0 unspecified atom stereocenters. The molecule has 0 atom stereocenters. The zero-order valence-electron chi connectivity index (χ0n) is 10.5. The van der Waals surface area contributed by atoms with Crippen LogP contribution in [0.4, 0.5) is 0 Å². The van der Waals surface area contributed by atoms with E-state index in [1.165, 1.54) is 14.2 Å². The van der Waals surface area contributed by atoms with E-state index in [1.54, 1.807) is 18.2 Å². The number of hydrogen-bond donors (Lipinski definition) is 2. The Morgan fingerprint density at radius 3 is 2.21 bits per heavy atom. The van der Waals surface area contributed by atoms with Crippen molar-refractivity contribution in [2.45, 2.75) is 6.42 Å². The largest absolute Gasteiger partial charge is 0.502 e. The molecule has 1 fully saturated rings. The Hall–Kier alpha value is -2.50. The predicted molar refractivity (Wildman–Crippen MR) is 67.0 cm³/mol. The van der Waals surface area contributed by atoms with Crippen LogP contribution in [0.25, 0.3) is 6.08 Å². The van der Waals surface area contributed by atoms with Crippen LogP contribution in [0.1, 0.15) is 12.0 Å². The number of benzene rings is 1. The monoisotopic (exact) mass is 263 g/mol. The van der Waals surface area contributed by atoms with E-state index in [0.29, 0.717) is 11.1 Å². The van der Waals surface area contributed by atoms with Gasteiger partial charge in [0, 0.05) is 5.57 Å². The van der Waals surface area contributed by atoms with Gasteiger partial charge in [-0.15, -0.1) is 0 Å². The van der Waals surface area contributed by atoms with Gasteiger partial charge in [0.1, 0.15) is 0 Å². The van der Waals surface area contributed by atoms with Gasteiger partial charge in [0.15, 0.2) is 11.5 Å². The summed E-state index contributed by atoms with van der Waals surface area (Å²) in [6, 6.07) is 3.11. The van der Waals surface area contributed by atoms with Crippen molar-refractivity contribution in [3.8, 4) is 17.2 Å². The Bertz CT molecular complexity index is 551. The fourth-order valence-corrected chi connectivity index (χ4v) is 1.82. The van der Waals surface area contributed by atoms with E-state index in [2.05, 4.69) is 5.32 Å². The number of imide groups is 1. The number of carbonyl (C=O) groups excluding carboxylic acids is 2. The molecule has 0 bridgehead atoms. The van der Waals surface area contributed by atoms with Crippen molar-refractivity contribution >= 4 is 17.9 Å². The van der Waals surface area contributed by atoms with Crippen LogP contribution in [0.3, 0.4) is 0 Å². The molecule has 0 aromatic heterocycles. The quantitative estimate of drug-likeness (QED) is 0.623. The van der Waals surface area contributed by atoms with Gasteiger partial charge in [0.05, 0.1) is 20.6 Å². The van der Waals surface area contributed by atoms with E-state index in [4.69, 9.17) is 9.47 Å². The topological polar surface area (TPSA) is 84.9 Å². The van der Waals surface area contributed by atoms with Crippen molar-refractivity contribution in [2.24, 2.45) is 0 Å². The van der Waals surface area contributed by atoms with E-state index >= 15 is 0 Å².